The molecule has 0 bridgehead atoms. The zero-order valence-electron chi connectivity index (χ0n) is 13.0. The van der Waals surface area contributed by atoms with Gasteiger partial charge in [0.05, 0.1) is 5.25 Å². The number of carbonyl (C=O) groups excluding carboxylic acids is 1. The maximum Gasteiger partial charge on any atom is 0.237 e. The molecule has 2 aromatic rings. The minimum Gasteiger partial charge on any atom is -0.325 e. The van der Waals surface area contributed by atoms with Crippen LogP contribution in [0.5, 0.6) is 0 Å². The lowest BCUT2D eigenvalue weighted by Crippen LogP contribution is -2.22. The largest absolute Gasteiger partial charge is 0.325 e. The minimum absolute atomic E-state index is 0.0248. The van der Waals surface area contributed by atoms with Gasteiger partial charge in [-0.1, -0.05) is 60.8 Å². The highest BCUT2D eigenvalue weighted by atomic mass is 32.2. The van der Waals surface area contributed by atoms with E-state index in [0.717, 1.165) is 14.4 Å². The van der Waals surface area contributed by atoms with Crippen LogP contribution in [-0.4, -0.2) is 27.6 Å². The molecule has 0 saturated carbocycles. The van der Waals surface area contributed by atoms with Crippen LogP contribution in [0.15, 0.2) is 32.9 Å². The number of amides is 1. The Morgan fingerprint density at radius 3 is 2.32 bits per heavy atom. The summed E-state index contributed by atoms with van der Waals surface area (Å²) in [6.45, 7) is 6.18. The lowest BCUT2D eigenvalue weighted by Gasteiger charge is -2.11. The molecule has 22 heavy (non-hydrogen) atoms. The first kappa shape index (κ1) is 17.3. The molecule has 2 rings (SSSR count). The molecule has 1 heterocycles. The van der Waals surface area contributed by atoms with Crippen molar-refractivity contribution in [1.82, 2.24) is 10.2 Å². The van der Waals surface area contributed by atoms with Gasteiger partial charge in [-0.05, 0) is 36.8 Å². The summed E-state index contributed by atoms with van der Waals surface area (Å²) >= 11 is 4.51. The second kappa shape index (κ2) is 7.99. The maximum absolute atomic E-state index is 12.2. The van der Waals surface area contributed by atoms with Crippen LogP contribution in [0.4, 0.5) is 5.69 Å². The van der Waals surface area contributed by atoms with Gasteiger partial charge < -0.3 is 5.32 Å². The molecule has 0 aliphatic rings. The Morgan fingerprint density at radius 2 is 1.77 bits per heavy atom. The summed E-state index contributed by atoms with van der Waals surface area (Å²) in [5.41, 5.74) is 2.09. The fraction of sp³-hybridized carbons (Fsp3) is 0.400. The quantitative estimate of drug-likeness (QED) is 0.775. The van der Waals surface area contributed by atoms with Gasteiger partial charge in [0.1, 0.15) is 0 Å². The topological polar surface area (TPSA) is 54.9 Å². The minimum atomic E-state index is -0.215. The summed E-state index contributed by atoms with van der Waals surface area (Å²) in [6.07, 6.45) is 1.96. The summed E-state index contributed by atoms with van der Waals surface area (Å²) in [6, 6.07) is 7.99. The van der Waals surface area contributed by atoms with Crippen molar-refractivity contribution in [3.63, 3.8) is 0 Å². The van der Waals surface area contributed by atoms with E-state index in [-0.39, 0.29) is 11.2 Å². The average Bonchev–Trinajstić information content (AvgIpc) is 2.95. The lowest BCUT2D eigenvalue weighted by molar-refractivity contribution is -0.115. The molecule has 0 fully saturated rings. The Kier molecular flexibility index (Phi) is 6.28. The van der Waals surface area contributed by atoms with Crippen molar-refractivity contribution in [2.24, 2.45) is 0 Å². The third-order valence-electron chi connectivity index (χ3n) is 3.05. The number of hydrogen-bond donors (Lipinski definition) is 1. The highest BCUT2D eigenvalue weighted by molar-refractivity contribution is 8.03. The molecule has 1 atom stereocenters. The number of hydrogen-bond acceptors (Lipinski definition) is 6. The van der Waals surface area contributed by atoms with Gasteiger partial charge in [0.25, 0.3) is 0 Å². The fourth-order valence-electron chi connectivity index (χ4n) is 1.73. The molecule has 0 spiro atoms. The summed E-state index contributed by atoms with van der Waals surface area (Å²) in [4.78, 5) is 12.2. The van der Waals surface area contributed by atoms with E-state index in [1.807, 2.05) is 37.4 Å². The molecule has 7 heteroatoms. The van der Waals surface area contributed by atoms with Crippen LogP contribution >= 0.6 is 34.9 Å². The van der Waals surface area contributed by atoms with Gasteiger partial charge in [-0.15, -0.1) is 10.2 Å². The Morgan fingerprint density at radius 1 is 1.14 bits per heavy atom. The number of nitrogens with one attached hydrogen (secondary N) is 1. The molecule has 0 saturated heterocycles. The maximum atomic E-state index is 12.2. The number of nitrogens with zero attached hydrogens (tertiary/aromatic N) is 2. The molecule has 0 aliphatic heterocycles. The summed E-state index contributed by atoms with van der Waals surface area (Å²) in [5.74, 6) is 0.463. The van der Waals surface area contributed by atoms with Gasteiger partial charge in [0.2, 0.25) is 5.91 Å². The van der Waals surface area contributed by atoms with Crippen molar-refractivity contribution in [3.05, 3.63) is 29.8 Å². The first-order valence-corrected chi connectivity index (χ1v) is 9.86. The lowest BCUT2D eigenvalue weighted by atomic mass is 10.0. The average molecular weight is 354 g/mol. The van der Waals surface area contributed by atoms with Crippen LogP contribution in [0.3, 0.4) is 0 Å². The molecule has 4 nitrogen and oxygen atoms in total. The Labute approximate surface area is 143 Å². The monoisotopic (exact) mass is 353 g/mol. The second-order valence-corrected chi connectivity index (χ2v) is 8.68. The SMILES string of the molecule is CSc1nnc(S[C@H](C)C(=O)Nc2ccc(C(C)C)cc2)s1. The van der Waals surface area contributed by atoms with Gasteiger partial charge >= 0.3 is 0 Å². The van der Waals surface area contributed by atoms with Crippen LogP contribution in [-0.2, 0) is 4.79 Å². The van der Waals surface area contributed by atoms with E-state index in [0.29, 0.717) is 5.92 Å². The Bertz CT molecular complexity index is 625. The van der Waals surface area contributed by atoms with E-state index in [1.54, 1.807) is 11.8 Å². The molecule has 0 unspecified atom stereocenters. The van der Waals surface area contributed by atoms with E-state index in [1.165, 1.54) is 28.7 Å². The van der Waals surface area contributed by atoms with Gasteiger partial charge in [0, 0.05) is 5.69 Å². The van der Waals surface area contributed by atoms with Crippen molar-refractivity contribution >= 4 is 46.5 Å². The molecule has 1 aromatic carbocycles. The zero-order valence-corrected chi connectivity index (χ0v) is 15.4. The van der Waals surface area contributed by atoms with Crippen LogP contribution in [0.2, 0.25) is 0 Å². The van der Waals surface area contributed by atoms with E-state index in [2.05, 4.69) is 29.4 Å². The molecular weight excluding hydrogens is 334 g/mol. The van der Waals surface area contributed by atoms with E-state index < -0.39 is 0 Å². The smallest absolute Gasteiger partial charge is 0.237 e. The third kappa shape index (κ3) is 4.72. The van der Waals surface area contributed by atoms with Crippen molar-refractivity contribution in [2.45, 2.75) is 40.6 Å². The van der Waals surface area contributed by atoms with Crippen molar-refractivity contribution in [1.29, 1.82) is 0 Å². The fourth-order valence-corrected chi connectivity index (χ4v) is 4.31. The molecule has 0 aliphatic carbocycles. The third-order valence-corrected chi connectivity index (χ3v) is 6.14. The standard InChI is InChI=1S/C15H19N3OS3/c1-9(2)11-5-7-12(8-6-11)16-13(19)10(3)21-15-18-17-14(20-4)22-15/h5-10H,1-4H3,(H,16,19)/t10-/m1/s1. The summed E-state index contributed by atoms with van der Waals surface area (Å²) < 4.78 is 1.74. The van der Waals surface area contributed by atoms with Crippen molar-refractivity contribution in [3.8, 4) is 0 Å². The molecule has 1 amide bonds. The van der Waals surface area contributed by atoms with Gasteiger partial charge in [0.15, 0.2) is 8.68 Å². The number of thioether (sulfide) groups is 2. The van der Waals surface area contributed by atoms with E-state index in [9.17, 15) is 4.79 Å². The first-order valence-electron chi connectivity index (χ1n) is 6.94. The number of benzene rings is 1. The number of carbonyl (C=O) groups is 1. The van der Waals surface area contributed by atoms with Crippen molar-refractivity contribution in [2.75, 3.05) is 11.6 Å². The molecule has 118 valence electrons. The number of anilines is 1. The van der Waals surface area contributed by atoms with Gasteiger partial charge in [-0.25, -0.2) is 0 Å². The van der Waals surface area contributed by atoms with E-state index in [4.69, 9.17) is 0 Å². The van der Waals surface area contributed by atoms with Crippen LogP contribution < -0.4 is 5.32 Å². The normalized spacial score (nSPS) is 12.4. The molecular formula is C15H19N3OS3. The highest BCUT2D eigenvalue weighted by Crippen LogP contribution is 2.30. The Hall–Kier alpha value is -1.05. The Balaban J connectivity index is 1.93. The molecule has 0 radical (unpaired) electrons. The predicted octanol–water partition coefficient (Wildman–Crippen LogP) is 4.50. The first-order chi connectivity index (χ1) is 10.5. The number of aromatic nitrogens is 2. The molecule has 1 N–H and O–H groups in total. The number of rotatable bonds is 6. The van der Waals surface area contributed by atoms with Gasteiger partial charge in [-0.2, -0.15) is 0 Å². The van der Waals surface area contributed by atoms with Gasteiger partial charge in [-0.3, -0.25) is 4.79 Å². The second-order valence-electron chi connectivity index (χ2n) is 5.06. The van der Waals surface area contributed by atoms with Crippen LogP contribution in [0.25, 0.3) is 0 Å². The summed E-state index contributed by atoms with van der Waals surface area (Å²) in [7, 11) is 0. The highest BCUT2D eigenvalue weighted by Gasteiger charge is 2.17. The molecule has 1 aromatic heterocycles. The van der Waals surface area contributed by atoms with E-state index >= 15 is 0 Å². The van der Waals surface area contributed by atoms with Crippen LogP contribution in [0, 0.1) is 0 Å². The zero-order chi connectivity index (χ0) is 16.1. The van der Waals surface area contributed by atoms with Crippen molar-refractivity contribution < 1.29 is 4.79 Å². The summed E-state index contributed by atoms with van der Waals surface area (Å²) in [5, 5.41) is 10.8. The van der Waals surface area contributed by atoms with Crippen LogP contribution in [0.1, 0.15) is 32.3 Å². The predicted molar refractivity (Wildman–Crippen MR) is 96.2 cm³/mol.